The Balaban J connectivity index is 1.23. The summed E-state index contributed by atoms with van der Waals surface area (Å²) in [5.41, 5.74) is 4.07. The number of pyridine rings is 1. The standard InChI is InChI=1S/C24H22N4O2/c29-20-5-1-3-16(13-20)18-11-19(12-18)21-14-26-28-24(21)27-23(30)10-15-6-7-22-17(9-15)4-2-8-25-22/h1-9,13-14,18-19,29H,10-12H2,(H2,26,27,28,30). The Morgan fingerprint density at radius 2 is 2.00 bits per heavy atom. The predicted octanol–water partition coefficient (Wildman–Crippen LogP) is 4.51. The van der Waals surface area contributed by atoms with Gasteiger partial charge in [0.2, 0.25) is 5.91 Å². The first-order chi connectivity index (χ1) is 14.7. The summed E-state index contributed by atoms with van der Waals surface area (Å²) >= 11 is 0. The number of benzene rings is 2. The lowest BCUT2D eigenvalue weighted by Crippen LogP contribution is -2.22. The average molecular weight is 398 g/mol. The summed E-state index contributed by atoms with van der Waals surface area (Å²) in [6.45, 7) is 0. The maximum atomic E-state index is 12.6. The lowest BCUT2D eigenvalue weighted by molar-refractivity contribution is -0.115. The largest absolute Gasteiger partial charge is 0.508 e. The number of carbonyl (C=O) groups excluding carboxylic acids is 1. The van der Waals surface area contributed by atoms with Crippen molar-refractivity contribution in [3.8, 4) is 5.75 Å². The van der Waals surface area contributed by atoms with Crippen LogP contribution in [0.1, 0.15) is 41.4 Å². The third-order valence-electron chi connectivity index (χ3n) is 5.88. The highest BCUT2D eigenvalue weighted by Crippen LogP contribution is 2.49. The number of H-pyrrole nitrogens is 1. The molecule has 6 nitrogen and oxygen atoms in total. The Morgan fingerprint density at radius 1 is 1.10 bits per heavy atom. The fourth-order valence-electron chi connectivity index (χ4n) is 4.23. The third-order valence-corrected chi connectivity index (χ3v) is 5.88. The molecule has 4 aromatic rings. The number of carbonyl (C=O) groups is 1. The van der Waals surface area contributed by atoms with Gasteiger partial charge in [-0.2, -0.15) is 5.10 Å². The highest BCUT2D eigenvalue weighted by atomic mass is 16.3. The van der Waals surface area contributed by atoms with E-state index in [4.69, 9.17) is 0 Å². The van der Waals surface area contributed by atoms with Crippen LogP contribution in [0.15, 0.2) is 67.0 Å². The van der Waals surface area contributed by atoms with Crippen LogP contribution < -0.4 is 5.32 Å². The van der Waals surface area contributed by atoms with Gasteiger partial charge in [0, 0.05) is 17.1 Å². The fraction of sp³-hybridized carbons (Fsp3) is 0.208. The zero-order valence-electron chi connectivity index (χ0n) is 16.4. The van der Waals surface area contributed by atoms with E-state index in [1.54, 1.807) is 18.5 Å². The van der Waals surface area contributed by atoms with E-state index in [-0.39, 0.29) is 5.91 Å². The predicted molar refractivity (Wildman–Crippen MR) is 115 cm³/mol. The smallest absolute Gasteiger partial charge is 0.229 e. The van der Waals surface area contributed by atoms with Gasteiger partial charge >= 0.3 is 0 Å². The molecule has 5 rings (SSSR count). The number of phenolic OH excluding ortho intramolecular Hbond substituents is 1. The van der Waals surface area contributed by atoms with Gasteiger partial charge in [0.1, 0.15) is 11.6 Å². The summed E-state index contributed by atoms with van der Waals surface area (Å²) < 4.78 is 0. The maximum absolute atomic E-state index is 12.6. The van der Waals surface area contributed by atoms with Crippen molar-refractivity contribution in [2.45, 2.75) is 31.1 Å². The molecular formula is C24H22N4O2. The second kappa shape index (κ2) is 7.63. The first-order valence-electron chi connectivity index (χ1n) is 10.1. The summed E-state index contributed by atoms with van der Waals surface area (Å²) in [5, 5.41) is 20.8. The molecule has 2 aromatic heterocycles. The number of nitrogens with one attached hydrogen (secondary N) is 2. The number of rotatable bonds is 5. The number of hydrogen-bond acceptors (Lipinski definition) is 4. The summed E-state index contributed by atoms with van der Waals surface area (Å²) in [4.78, 5) is 16.9. The summed E-state index contributed by atoms with van der Waals surface area (Å²) in [5.74, 6) is 1.68. The highest BCUT2D eigenvalue weighted by molar-refractivity contribution is 5.93. The Kier molecular flexibility index (Phi) is 4.67. The molecule has 2 heterocycles. The van der Waals surface area contributed by atoms with E-state index < -0.39 is 0 Å². The molecule has 0 radical (unpaired) electrons. The van der Waals surface area contributed by atoms with Crippen LogP contribution in [-0.4, -0.2) is 26.2 Å². The minimum absolute atomic E-state index is 0.0763. The van der Waals surface area contributed by atoms with Crippen LogP contribution in [0.25, 0.3) is 10.9 Å². The monoisotopic (exact) mass is 398 g/mol. The van der Waals surface area contributed by atoms with Crippen LogP contribution in [0.4, 0.5) is 5.82 Å². The van der Waals surface area contributed by atoms with Crippen LogP contribution >= 0.6 is 0 Å². The quantitative estimate of drug-likeness (QED) is 0.461. The number of anilines is 1. The minimum atomic E-state index is -0.0763. The topological polar surface area (TPSA) is 90.9 Å². The molecule has 0 spiro atoms. The van der Waals surface area contributed by atoms with Crippen molar-refractivity contribution < 1.29 is 9.90 Å². The van der Waals surface area contributed by atoms with Gasteiger partial charge in [0.25, 0.3) is 0 Å². The van der Waals surface area contributed by atoms with Gasteiger partial charge in [-0.05, 0) is 66.1 Å². The van der Waals surface area contributed by atoms with Crippen LogP contribution in [0, 0.1) is 0 Å². The van der Waals surface area contributed by atoms with E-state index in [1.165, 1.54) is 0 Å². The van der Waals surface area contributed by atoms with Crippen molar-refractivity contribution in [1.29, 1.82) is 0 Å². The molecule has 2 aromatic carbocycles. The second-order valence-corrected chi connectivity index (χ2v) is 7.92. The van der Waals surface area contributed by atoms with Gasteiger partial charge in [-0.15, -0.1) is 0 Å². The van der Waals surface area contributed by atoms with E-state index >= 15 is 0 Å². The number of amides is 1. The van der Waals surface area contributed by atoms with Crippen molar-refractivity contribution >= 4 is 22.6 Å². The lowest BCUT2D eigenvalue weighted by atomic mass is 9.69. The van der Waals surface area contributed by atoms with Gasteiger partial charge < -0.3 is 10.4 Å². The van der Waals surface area contributed by atoms with Gasteiger partial charge in [-0.3, -0.25) is 14.9 Å². The Hall–Kier alpha value is -3.67. The van der Waals surface area contributed by atoms with Gasteiger partial charge in [-0.1, -0.05) is 24.3 Å². The van der Waals surface area contributed by atoms with Crippen LogP contribution in [-0.2, 0) is 11.2 Å². The Bertz CT molecular complexity index is 1210. The van der Waals surface area contributed by atoms with Gasteiger partial charge in [0.15, 0.2) is 0 Å². The van der Waals surface area contributed by atoms with Gasteiger partial charge in [0.05, 0.1) is 18.1 Å². The number of fused-ring (bicyclic) bond motifs is 1. The SMILES string of the molecule is O=C(Cc1ccc2ncccc2c1)Nc1[nH]ncc1C1CC(c2cccc(O)c2)C1. The van der Waals surface area contributed by atoms with E-state index in [2.05, 4.69) is 26.6 Å². The third kappa shape index (κ3) is 3.64. The van der Waals surface area contributed by atoms with E-state index in [0.29, 0.717) is 29.8 Å². The molecule has 0 bridgehead atoms. The molecule has 0 atom stereocenters. The van der Waals surface area contributed by atoms with E-state index in [1.807, 2.05) is 42.5 Å². The molecular weight excluding hydrogens is 376 g/mol. The van der Waals surface area contributed by atoms with Crippen molar-refractivity contribution in [2.75, 3.05) is 5.32 Å². The summed E-state index contributed by atoms with van der Waals surface area (Å²) in [6, 6.07) is 17.2. The zero-order chi connectivity index (χ0) is 20.5. The number of nitrogens with zero attached hydrogens (tertiary/aromatic N) is 2. The molecule has 1 fully saturated rings. The minimum Gasteiger partial charge on any atom is -0.508 e. The number of phenols is 1. The number of aromatic nitrogens is 3. The molecule has 1 saturated carbocycles. The molecule has 3 N–H and O–H groups in total. The first kappa shape index (κ1) is 18.4. The van der Waals surface area contributed by atoms with Crippen LogP contribution in [0.5, 0.6) is 5.75 Å². The first-order valence-corrected chi connectivity index (χ1v) is 10.1. The molecule has 150 valence electrons. The molecule has 0 aliphatic heterocycles. The molecule has 30 heavy (non-hydrogen) atoms. The van der Waals surface area contributed by atoms with Crippen molar-refractivity contribution in [3.05, 3.63) is 83.7 Å². The highest BCUT2D eigenvalue weighted by Gasteiger charge is 2.34. The maximum Gasteiger partial charge on any atom is 0.229 e. The van der Waals surface area contributed by atoms with Crippen LogP contribution in [0.2, 0.25) is 0 Å². The van der Waals surface area contributed by atoms with Crippen LogP contribution in [0.3, 0.4) is 0 Å². The zero-order valence-corrected chi connectivity index (χ0v) is 16.4. The molecule has 0 saturated heterocycles. The normalized spacial score (nSPS) is 18.1. The number of aromatic hydroxyl groups is 1. The molecule has 0 unspecified atom stereocenters. The number of aromatic amines is 1. The molecule has 1 amide bonds. The lowest BCUT2D eigenvalue weighted by Gasteiger charge is -2.35. The van der Waals surface area contributed by atoms with Crippen molar-refractivity contribution in [1.82, 2.24) is 15.2 Å². The summed E-state index contributed by atoms with van der Waals surface area (Å²) in [7, 11) is 0. The fourth-order valence-corrected chi connectivity index (χ4v) is 4.23. The van der Waals surface area contributed by atoms with Crippen molar-refractivity contribution in [3.63, 3.8) is 0 Å². The molecule has 6 heteroatoms. The number of hydrogen-bond donors (Lipinski definition) is 3. The Morgan fingerprint density at radius 3 is 2.87 bits per heavy atom. The molecule has 1 aliphatic rings. The van der Waals surface area contributed by atoms with Gasteiger partial charge in [-0.25, -0.2) is 0 Å². The second-order valence-electron chi connectivity index (χ2n) is 7.92. The Labute approximate surface area is 174 Å². The van der Waals surface area contributed by atoms with Crippen molar-refractivity contribution in [2.24, 2.45) is 0 Å². The van der Waals surface area contributed by atoms with E-state index in [9.17, 15) is 9.90 Å². The average Bonchev–Trinajstić information content (AvgIpc) is 3.14. The summed E-state index contributed by atoms with van der Waals surface area (Å²) in [6.07, 6.45) is 5.81. The van der Waals surface area contributed by atoms with E-state index in [0.717, 1.165) is 40.4 Å². The molecule has 1 aliphatic carbocycles.